The van der Waals surface area contributed by atoms with Crippen LogP contribution in [0.5, 0.6) is 5.75 Å². The zero-order valence-corrected chi connectivity index (χ0v) is 12.8. The Balaban J connectivity index is 1.55. The average Bonchev–Trinajstić information content (AvgIpc) is 3.16. The van der Waals surface area contributed by atoms with Crippen molar-refractivity contribution in [2.75, 3.05) is 0 Å². The minimum Gasteiger partial charge on any atom is -0.486 e. The lowest BCUT2D eigenvalue weighted by molar-refractivity contribution is 0.0905. The number of furan rings is 1. The van der Waals surface area contributed by atoms with Crippen LogP contribution in [0.3, 0.4) is 0 Å². The van der Waals surface area contributed by atoms with Gasteiger partial charge in [-0.05, 0) is 49.6 Å². The zero-order valence-electron chi connectivity index (χ0n) is 12.8. The monoisotopic (exact) mass is 299 g/mol. The van der Waals surface area contributed by atoms with E-state index in [4.69, 9.17) is 9.15 Å². The molecule has 0 saturated heterocycles. The standard InChI is InChI=1S/C18H21NO3/c1-13-5-4-8-15(11-13)21-12-16-9-10-17(22-16)18(20)19-14-6-2-3-7-14/h4-5,8-11,14H,2-3,6-7,12H2,1H3,(H,19,20). The summed E-state index contributed by atoms with van der Waals surface area (Å²) in [4.78, 5) is 12.1. The van der Waals surface area contributed by atoms with E-state index in [0.29, 0.717) is 24.2 Å². The highest BCUT2D eigenvalue weighted by Crippen LogP contribution is 2.19. The molecule has 22 heavy (non-hydrogen) atoms. The number of hydrogen-bond donors (Lipinski definition) is 1. The van der Waals surface area contributed by atoms with E-state index in [1.54, 1.807) is 12.1 Å². The van der Waals surface area contributed by atoms with Crippen LogP contribution in [-0.2, 0) is 6.61 Å². The highest BCUT2D eigenvalue weighted by Gasteiger charge is 2.19. The first-order chi connectivity index (χ1) is 10.7. The quantitative estimate of drug-likeness (QED) is 0.912. The van der Waals surface area contributed by atoms with Crippen LogP contribution in [0, 0.1) is 6.92 Å². The second kappa shape index (κ2) is 6.69. The Morgan fingerprint density at radius 3 is 2.86 bits per heavy atom. The maximum absolute atomic E-state index is 12.1. The average molecular weight is 299 g/mol. The molecule has 1 amide bonds. The van der Waals surface area contributed by atoms with Crippen LogP contribution in [0.2, 0.25) is 0 Å². The van der Waals surface area contributed by atoms with Crippen molar-refractivity contribution >= 4 is 5.91 Å². The van der Waals surface area contributed by atoms with Crippen molar-refractivity contribution in [3.05, 3.63) is 53.5 Å². The molecule has 1 aliphatic rings. The van der Waals surface area contributed by atoms with Crippen molar-refractivity contribution in [1.82, 2.24) is 5.32 Å². The summed E-state index contributed by atoms with van der Waals surface area (Å²) < 4.78 is 11.2. The van der Waals surface area contributed by atoms with E-state index in [9.17, 15) is 4.79 Å². The number of ether oxygens (including phenoxy) is 1. The lowest BCUT2D eigenvalue weighted by Crippen LogP contribution is -2.32. The van der Waals surface area contributed by atoms with E-state index in [-0.39, 0.29) is 5.91 Å². The van der Waals surface area contributed by atoms with Gasteiger partial charge in [0, 0.05) is 6.04 Å². The topological polar surface area (TPSA) is 51.5 Å². The van der Waals surface area contributed by atoms with Gasteiger partial charge < -0.3 is 14.5 Å². The summed E-state index contributed by atoms with van der Waals surface area (Å²) in [7, 11) is 0. The first-order valence-corrected chi connectivity index (χ1v) is 7.80. The Hall–Kier alpha value is -2.23. The normalized spacial score (nSPS) is 15.0. The summed E-state index contributed by atoms with van der Waals surface area (Å²) in [6, 6.07) is 11.6. The van der Waals surface area contributed by atoms with E-state index in [1.165, 1.54) is 12.8 Å². The largest absolute Gasteiger partial charge is 0.486 e. The predicted octanol–water partition coefficient (Wildman–Crippen LogP) is 3.84. The number of nitrogens with one attached hydrogen (secondary N) is 1. The molecule has 1 N–H and O–H groups in total. The molecular weight excluding hydrogens is 278 g/mol. The number of amides is 1. The summed E-state index contributed by atoms with van der Waals surface area (Å²) in [6.07, 6.45) is 4.52. The van der Waals surface area contributed by atoms with Crippen molar-refractivity contribution in [2.45, 2.75) is 45.3 Å². The third-order valence-corrected chi connectivity index (χ3v) is 3.95. The van der Waals surface area contributed by atoms with Crippen LogP contribution in [0.1, 0.15) is 47.6 Å². The van der Waals surface area contributed by atoms with Crippen LogP contribution in [0.25, 0.3) is 0 Å². The second-order valence-electron chi connectivity index (χ2n) is 5.83. The van der Waals surface area contributed by atoms with E-state index in [1.807, 2.05) is 31.2 Å². The van der Waals surface area contributed by atoms with Crippen molar-refractivity contribution in [2.24, 2.45) is 0 Å². The Labute approximate surface area is 130 Å². The van der Waals surface area contributed by atoms with Gasteiger partial charge in [-0.3, -0.25) is 4.79 Å². The molecule has 1 aliphatic carbocycles. The Bertz CT molecular complexity index is 641. The molecule has 0 aliphatic heterocycles. The van der Waals surface area contributed by atoms with Gasteiger partial charge in [0.2, 0.25) is 0 Å². The van der Waals surface area contributed by atoms with Crippen molar-refractivity contribution in [3.63, 3.8) is 0 Å². The van der Waals surface area contributed by atoms with E-state index in [2.05, 4.69) is 5.32 Å². The number of carbonyl (C=O) groups is 1. The number of aryl methyl sites for hydroxylation is 1. The molecule has 1 heterocycles. The molecule has 1 saturated carbocycles. The summed E-state index contributed by atoms with van der Waals surface area (Å²) in [5, 5.41) is 3.02. The van der Waals surface area contributed by atoms with Crippen molar-refractivity contribution < 1.29 is 13.9 Å². The third-order valence-electron chi connectivity index (χ3n) is 3.95. The molecule has 3 rings (SSSR count). The summed E-state index contributed by atoms with van der Waals surface area (Å²) >= 11 is 0. The zero-order chi connectivity index (χ0) is 15.4. The molecule has 0 unspecified atom stereocenters. The van der Waals surface area contributed by atoms with Crippen LogP contribution in [0.4, 0.5) is 0 Å². The molecule has 0 atom stereocenters. The number of hydrogen-bond acceptors (Lipinski definition) is 3. The maximum Gasteiger partial charge on any atom is 0.287 e. The van der Waals surface area contributed by atoms with Crippen molar-refractivity contribution in [3.8, 4) is 5.75 Å². The fourth-order valence-electron chi connectivity index (χ4n) is 2.76. The van der Waals surface area contributed by atoms with Gasteiger partial charge in [0.1, 0.15) is 18.1 Å². The first kappa shape index (κ1) is 14.7. The van der Waals surface area contributed by atoms with Gasteiger partial charge in [0.05, 0.1) is 0 Å². The molecule has 0 radical (unpaired) electrons. The van der Waals surface area contributed by atoms with Gasteiger partial charge in [0.15, 0.2) is 5.76 Å². The van der Waals surface area contributed by atoms with E-state index >= 15 is 0 Å². The minimum atomic E-state index is -0.131. The van der Waals surface area contributed by atoms with Crippen LogP contribution in [-0.4, -0.2) is 11.9 Å². The van der Waals surface area contributed by atoms with Gasteiger partial charge in [0.25, 0.3) is 5.91 Å². The Morgan fingerprint density at radius 2 is 2.09 bits per heavy atom. The van der Waals surface area contributed by atoms with Crippen LogP contribution >= 0.6 is 0 Å². The lowest BCUT2D eigenvalue weighted by Gasteiger charge is -2.10. The van der Waals surface area contributed by atoms with Gasteiger partial charge in [-0.15, -0.1) is 0 Å². The molecule has 1 fully saturated rings. The third kappa shape index (κ3) is 3.70. The molecule has 4 heteroatoms. The van der Waals surface area contributed by atoms with Crippen molar-refractivity contribution in [1.29, 1.82) is 0 Å². The van der Waals surface area contributed by atoms with E-state index in [0.717, 1.165) is 24.2 Å². The number of rotatable bonds is 5. The minimum absolute atomic E-state index is 0.131. The molecule has 4 nitrogen and oxygen atoms in total. The lowest BCUT2D eigenvalue weighted by atomic mass is 10.2. The van der Waals surface area contributed by atoms with Crippen LogP contribution in [0.15, 0.2) is 40.8 Å². The molecule has 1 aromatic heterocycles. The maximum atomic E-state index is 12.1. The van der Waals surface area contributed by atoms with Gasteiger partial charge in [-0.25, -0.2) is 0 Å². The highest BCUT2D eigenvalue weighted by atomic mass is 16.5. The fourth-order valence-corrected chi connectivity index (χ4v) is 2.76. The fraction of sp³-hybridized carbons (Fsp3) is 0.389. The SMILES string of the molecule is Cc1cccc(OCc2ccc(C(=O)NC3CCCC3)o2)c1. The summed E-state index contributed by atoms with van der Waals surface area (Å²) in [5.41, 5.74) is 1.15. The van der Waals surface area contributed by atoms with Gasteiger partial charge in [-0.1, -0.05) is 25.0 Å². The van der Waals surface area contributed by atoms with Gasteiger partial charge >= 0.3 is 0 Å². The predicted molar refractivity (Wildman–Crippen MR) is 83.9 cm³/mol. The number of carbonyl (C=O) groups excluding carboxylic acids is 1. The first-order valence-electron chi connectivity index (χ1n) is 7.80. The molecule has 1 aromatic carbocycles. The van der Waals surface area contributed by atoms with Gasteiger partial charge in [-0.2, -0.15) is 0 Å². The Kier molecular flexibility index (Phi) is 4.47. The van der Waals surface area contributed by atoms with Crippen LogP contribution < -0.4 is 10.1 Å². The molecule has 0 spiro atoms. The summed E-state index contributed by atoms with van der Waals surface area (Å²) in [6.45, 7) is 2.34. The number of benzene rings is 1. The molecule has 2 aromatic rings. The molecule has 0 bridgehead atoms. The smallest absolute Gasteiger partial charge is 0.287 e. The van der Waals surface area contributed by atoms with E-state index < -0.39 is 0 Å². The summed E-state index contributed by atoms with van der Waals surface area (Å²) in [5.74, 6) is 1.68. The Morgan fingerprint density at radius 1 is 1.27 bits per heavy atom. The molecular formula is C18H21NO3. The molecule has 116 valence electrons. The second-order valence-corrected chi connectivity index (χ2v) is 5.83. The highest BCUT2D eigenvalue weighted by molar-refractivity contribution is 5.91.